The van der Waals surface area contributed by atoms with E-state index in [2.05, 4.69) is 68.2 Å². The predicted molar refractivity (Wildman–Crippen MR) is 176 cm³/mol. The molecule has 0 saturated heterocycles. The van der Waals surface area contributed by atoms with E-state index < -0.39 is 0 Å². The fraction of sp³-hybridized carbons (Fsp3) is 0.543. The van der Waals surface area contributed by atoms with Crippen LogP contribution in [-0.2, 0) is 17.8 Å². The first-order chi connectivity index (χ1) is 18.9. The van der Waals surface area contributed by atoms with Gasteiger partial charge in [-0.05, 0) is 60.7 Å². The van der Waals surface area contributed by atoms with Crippen molar-refractivity contribution in [2.45, 2.75) is 105 Å². The number of unbranched alkanes of at least 4 members (excludes halogenated alkanes) is 9. The van der Waals surface area contributed by atoms with Crippen LogP contribution >= 0.6 is 17.0 Å². The van der Waals surface area contributed by atoms with Crippen LogP contribution in [0.25, 0.3) is 0 Å². The molecule has 0 radical (unpaired) electrons. The molecule has 1 unspecified atom stereocenters. The Labute approximate surface area is 254 Å². The van der Waals surface area contributed by atoms with Gasteiger partial charge in [-0.2, -0.15) is 0 Å². The number of carbonyl (C=O) groups is 1. The van der Waals surface area contributed by atoms with E-state index in [1.807, 2.05) is 23.2 Å². The molecule has 1 aliphatic rings. The van der Waals surface area contributed by atoms with Crippen molar-refractivity contribution in [3.8, 4) is 5.75 Å². The molecule has 0 aliphatic carbocycles. The number of benzene rings is 2. The number of carbonyl (C=O) groups excluding carboxylic acids is 1. The molecule has 1 aliphatic heterocycles. The highest BCUT2D eigenvalue weighted by molar-refractivity contribution is 8.93. The monoisotopic (exact) mass is 610 g/mol. The number of dihydropyridines is 1. The number of amides is 1. The fourth-order valence-electron chi connectivity index (χ4n) is 5.48. The quantitative estimate of drug-likeness (QED) is 0.167. The summed E-state index contributed by atoms with van der Waals surface area (Å²) < 4.78 is 6.05. The molecule has 2 aromatic rings. The fourth-order valence-corrected chi connectivity index (χ4v) is 5.48. The summed E-state index contributed by atoms with van der Waals surface area (Å²) in [6.45, 7) is 10.3. The average Bonchev–Trinajstić information content (AvgIpc) is 2.91. The van der Waals surface area contributed by atoms with Gasteiger partial charge in [-0.3, -0.25) is 9.79 Å². The molecule has 1 amide bonds. The van der Waals surface area contributed by atoms with Gasteiger partial charge in [0.1, 0.15) is 5.75 Å². The topological polar surface area (TPSA) is 41.9 Å². The van der Waals surface area contributed by atoms with E-state index in [0.29, 0.717) is 6.54 Å². The molecule has 1 heterocycles. The van der Waals surface area contributed by atoms with Crippen molar-refractivity contribution in [1.29, 1.82) is 0 Å². The number of allylic oxidation sites excluding steroid dienone is 1. The number of aliphatic imine (C=N–C) groups is 1. The lowest BCUT2D eigenvalue weighted by Crippen LogP contribution is -2.28. The van der Waals surface area contributed by atoms with E-state index >= 15 is 0 Å². The Morgan fingerprint density at radius 3 is 2.20 bits per heavy atom. The SMILES string of the molecule is Br.CCCCCCCCCCCCOc1cccc(CN(C(C)=O)c2ccc(CC3(C)C=C(C)C=NC3)cc2)c1. The molecule has 0 spiro atoms. The number of hydrogen-bond donors (Lipinski definition) is 0. The summed E-state index contributed by atoms with van der Waals surface area (Å²) in [5, 5.41) is 0. The highest BCUT2D eigenvalue weighted by Gasteiger charge is 2.24. The van der Waals surface area contributed by atoms with Crippen LogP contribution in [0.3, 0.4) is 0 Å². The number of nitrogens with zero attached hydrogens (tertiary/aromatic N) is 2. The third kappa shape index (κ3) is 12.0. The van der Waals surface area contributed by atoms with Crippen molar-refractivity contribution in [3.63, 3.8) is 0 Å². The first kappa shape index (κ1) is 33.8. The minimum atomic E-state index is 0. The lowest BCUT2D eigenvalue weighted by molar-refractivity contribution is -0.116. The molecule has 0 saturated carbocycles. The van der Waals surface area contributed by atoms with Crippen LogP contribution in [0.15, 0.2) is 65.2 Å². The number of rotatable bonds is 17. The molecule has 0 aromatic heterocycles. The van der Waals surface area contributed by atoms with Gasteiger partial charge in [-0.15, -0.1) is 17.0 Å². The van der Waals surface area contributed by atoms with Gasteiger partial charge < -0.3 is 9.64 Å². The highest BCUT2D eigenvalue weighted by Crippen LogP contribution is 2.30. The Morgan fingerprint density at radius 1 is 0.925 bits per heavy atom. The number of hydrogen-bond acceptors (Lipinski definition) is 3. The van der Waals surface area contributed by atoms with Gasteiger partial charge in [-0.25, -0.2) is 0 Å². The molecule has 3 rings (SSSR count). The highest BCUT2D eigenvalue weighted by atomic mass is 79.9. The van der Waals surface area contributed by atoms with Crippen molar-refractivity contribution in [1.82, 2.24) is 0 Å². The summed E-state index contributed by atoms with van der Waals surface area (Å²) in [4.78, 5) is 18.9. The molecule has 0 N–H and O–H groups in total. The minimum absolute atomic E-state index is 0. The molecule has 4 nitrogen and oxygen atoms in total. The second-order valence-electron chi connectivity index (χ2n) is 11.6. The normalized spacial score (nSPS) is 16.2. The Morgan fingerprint density at radius 2 is 1.57 bits per heavy atom. The smallest absolute Gasteiger partial charge is 0.224 e. The van der Waals surface area contributed by atoms with Gasteiger partial charge in [-0.1, -0.05) is 102 Å². The molecule has 0 fully saturated rings. The second kappa shape index (κ2) is 18.1. The minimum Gasteiger partial charge on any atom is -0.494 e. The van der Waals surface area contributed by atoms with Crippen molar-refractivity contribution in [3.05, 3.63) is 71.3 Å². The summed E-state index contributed by atoms with van der Waals surface area (Å²) in [7, 11) is 0. The van der Waals surface area contributed by atoms with Crippen LogP contribution in [0.5, 0.6) is 5.75 Å². The lowest BCUT2D eigenvalue weighted by Gasteiger charge is -2.28. The number of anilines is 1. The standard InChI is InChI=1S/C35H50N2O2.BrH/c1-5-6-7-8-9-10-11-12-13-14-22-39-34-17-15-16-32(23-34)27-37(30(3)38)33-20-18-31(19-21-33)25-35(4)24-29(2)26-36-28-35;/h15-21,23-24,26H,5-14,22,25,27-28H2,1-4H3;1H. The van der Waals surface area contributed by atoms with E-state index in [4.69, 9.17) is 4.74 Å². The maximum absolute atomic E-state index is 12.6. The van der Waals surface area contributed by atoms with E-state index in [1.165, 1.54) is 68.9 Å². The van der Waals surface area contributed by atoms with Crippen molar-refractivity contribution < 1.29 is 9.53 Å². The molecule has 0 bridgehead atoms. The summed E-state index contributed by atoms with van der Waals surface area (Å²) in [6.07, 6.45) is 18.4. The summed E-state index contributed by atoms with van der Waals surface area (Å²) >= 11 is 0. The van der Waals surface area contributed by atoms with E-state index in [0.717, 1.165) is 43.0 Å². The third-order valence-electron chi connectivity index (χ3n) is 7.57. The van der Waals surface area contributed by atoms with Crippen LogP contribution in [0.4, 0.5) is 5.69 Å². The van der Waals surface area contributed by atoms with E-state index in [9.17, 15) is 4.79 Å². The zero-order valence-corrected chi connectivity index (χ0v) is 27.0. The molecule has 40 heavy (non-hydrogen) atoms. The van der Waals surface area contributed by atoms with E-state index in [-0.39, 0.29) is 28.3 Å². The van der Waals surface area contributed by atoms with Crippen molar-refractivity contribution in [2.24, 2.45) is 10.4 Å². The van der Waals surface area contributed by atoms with E-state index in [1.54, 1.807) is 6.92 Å². The lowest BCUT2D eigenvalue weighted by atomic mass is 9.81. The molecule has 1 atom stereocenters. The van der Waals surface area contributed by atoms with Crippen LogP contribution in [0, 0.1) is 5.41 Å². The van der Waals surface area contributed by atoms with Crippen LogP contribution < -0.4 is 9.64 Å². The summed E-state index contributed by atoms with van der Waals surface area (Å²) in [5.41, 5.74) is 4.50. The second-order valence-corrected chi connectivity index (χ2v) is 11.6. The Kier molecular flexibility index (Phi) is 15.3. The Bertz CT molecular complexity index is 1080. The first-order valence-corrected chi connectivity index (χ1v) is 15.2. The third-order valence-corrected chi connectivity index (χ3v) is 7.57. The zero-order chi connectivity index (χ0) is 27.9. The molecular formula is C35H51BrN2O2. The Balaban J connectivity index is 0.00000560. The molecule has 2 aromatic carbocycles. The molecule has 5 heteroatoms. The Hall–Kier alpha value is -2.40. The average molecular weight is 612 g/mol. The predicted octanol–water partition coefficient (Wildman–Crippen LogP) is 9.70. The molecule has 220 valence electrons. The maximum Gasteiger partial charge on any atom is 0.224 e. The largest absolute Gasteiger partial charge is 0.494 e. The van der Waals surface area contributed by atoms with Gasteiger partial charge in [0.25, 0.3) is 0 Å². The number of ether oxygens (including phenoxy) is 1. The van der Waals surface area contributed by atoms with Gasteiger partial charge in [0.05, 0.1) is 13.2 Å². The van der Waals surface area contributed by atoms with Crippen molar-refractivity contribution in [2.75, 3.05) is 18.1 Å². The van der Waals surface area contributed by atoms with Gasteiger partial charge >= 0.3 is 0 Å². The van der Waals surface area contributed by atoms with Crippen LogP contribution in [-0.4, -0.2) is 25.3 Å². The maximum atomic E-state index is 12.6. The van der Waals surface area contributed by atoms with Gasteiger partial charge in [0, 0.05) is 30.8 Å². The summed E-state index contributed by atoms with van der Waals surface area (Å²) in [5.74, 6) is 0.917. The summed E-state index contributed by atoms with van der Waals surface area (Å²) in [6, 6.07) is 16.6. The van der Waals surface area contributed by atoms with Crippen molar-refractivity contribution >= 4 is 34.8 Å². The van der Waals surface area contributed by atoms with Crippen LogP contribution in [0.1, 0.15) is 103 Å². The van der Waals surface area contributed by atoms with Crippen LogP contribution in [0.2, 0.25) is 0 Å². The van der Waals surface area contributed by atoms with Gasteiger partial charge in [0.2, 0.25) is 5.91 Å². The molecular weight excluding hydrogens is 560 g/mol. The number of halogens is 1. The zero-order valence-electron chi connectivity index (χ0n) is 25.3. The first-order valence-electron chi connectivity index (χ1n) is 15.2. The van der Waals surface area contributed by atoms with Gasteiger partial charge in [0.15, 0.2) is 0 Å².